The molecule has 0 saturated carbocycles. The number of amides is 2. The first-order valence-electron chi connectivity index (χ1n) is 9.57. The van der Waals surface area contributed by atoms with Crippen LogP contribution in [0.3, 0.4) is 0 Å². The standard InChI is InChI=1S/C20H29N3O2.ClH/c1-2-22(19(24)9-8-16-10-13-21-14-11-16)18-12-15-23(20(18)25)17-6-4-3-5-7-17;/h3-7,16,18,21H,2,8-15H2,1H3;1H. The SMILES string of the molecule is CCN(C(=O)CCC1CCNCC1)C1CCN(c2ccccc2)C1=O.Cl. The van der Waals surface area contributed by atoms with Crippen molar-refractivity contribution in [1.29, 1.82) is 0 Å². The maximum absolute atomic E-state index is 12.8. The van der Waals surface area contributed by atoms with E-state index in [0.29, 0.717) is 25.4 Å². The quantitative estimate of drug-likeness (QED) is 0.826. The lowest BCUT2D eigenvalue weighted by molar-refractivity contribution is -0.138. The average molecular weight is 380 g/mol. The topological polar surface area (TPSA) is 52.7 Å². The third-order valence-electron chi connectivity index (χ3n) is 5.51. The first-order chi connectivity index (χ1) is 12.2. The fourth-order valence-corrected chi connectivity index (χ4v) is 4.03. The van der Waals surface area contributed by atoms with Crippen molar-refractivity contribution < 1.29 is 9.59 Å². The summed E-state index contributed by atoms with van der Waals surface area (Å²) in [6.45, 7) is 5.38. The molecule has 1 atom stereocenters. The van der Waals surface area contributed by atoms with Gasteiger partial charge in [0.25, 0.3) is 0 Å². The summed E-state index contributed by atoms with van der Waals surface area (Å²) in [7, 11) is 0. The number of hydrogen-bond acceptors (Lipinski definition) is 3. The van der Waals surface area contributed by atoms with Crippen molar-refractivity contribution in [1.82, 2.24) is 10.2 Å². The molecular weight excluding hydrogens is 350 g/mol. The summed E-state index contributed by atoms with van der Waals surface area (Å²) in [5.41, 5.74) is 0.924. The van der Waals surface area contributed by atoms with Crippen molar-refractivity contribution in [2.45, 2.75) is 45.1 Å². The number of halogens is 1. The number of likely N-dealkylation sites (N-methyl/N-ethyl adjacent to an activating group) is 1. The van der Waals surface area contributed by atoms with Crippen LogP contribution in [0, 0.1) is 5.92 Å². The molecule has 2 amide bonds. The zero-order chi connectivity index (χ0) is 17.6. The van der Waals surface area contributed by atoms with E-state index in [1.165, 1.54) is 0 Å². The first kappa shape index (κ1) is 20.7. The minimum absolute atomic E-state index is 0. The predicted octanol–water partition coefficient (Wildman–Crippen LogP) is 2.84. The summed E-state index contributed by atoms with van der Waals surface area (Å²) >= 11 is 0. The molecule has 5 nitrogen and oxygen atoms in total. The summed E-state index contributed by atoms with van der Waals surface area (Å²) in [6, 6.07) is 9.44. The first-order valence-corrected chi connectivity index (χ1v) is 9.57. The summed E-state index contributed by atoms with van der Waals surface area (Å²) in [4.78, 5) is 29.2. The van der Waals surface area contributed by atoms with Crippen LogP contribution in [0.2, 0.25) is 0 Å². The molecule has 2 heterocycles. The van der Waals surface area contributed by atoms with Crippen molar-refractivity contribution in [3.05, 3.63) is 30.3 Å². The normalized spacial score (nSPS) is 20.7. The predicted molar refractivity (Wildman–Crippen MR) is 107 cm³/mol. The number of rotatable bonds is 6. The molecule has 0 radical (unpaired) electrons. The fraction of sp³-hybridized carbons (Fsp3) is 0.600. The van der Waals surface area contributed by atoms with Crippen LogP contribution in [0.25, 0.3) is 0 Å². The van der Waals surface area contributed by atoms with Crippen LogP contribution >= 0.6 is 12.4 Å². The van der Waals surface area contributed by atoms with Crippen LogP contribution in [-0.2, 0) is 9.59 Å². The number of piperidine rings is 1. The van der Waals surface area contributed by atoms with Gasteiger partial charge in [0, 0.05) is 25.2 Å². The van der Waals surface area contributed by atoms with Crippen LogP contribution in [-0.4, -0.2) is 48.9 Å². The minimum atomic E-state index is -0.300. The monoisotopic (exact) mass is 379 g/mol. The van der Waals surface area contributed by atoms with Crippen LogP contribution in [0.1, 0.15) is 39.0 Å². The zero-order valence-electron chi connectivity index (χ0n) is 15.5. The van der Waals surface area contributed by atoms with Gasteiger partial charge in [-0.15, -0.1) is 12.4 Å². The second-order valence-corrected chi connectivity index (χ2v) is 7.04. The molecule has 6 heteroatoms. The van der Waals surface area contributed by atoms with Crippen molar-refractivity contribution in [2.75, 3.05) is 31.1 Å². The molecule has 0 aromatic heterocycles. The Bertz CT molecular complexity index is 590. The third-order valence-corrected chi connectivity index (χ3v) is 5.51. The Balaban J connectivity index is 0.00000243. The highest BCUT2D eigenvalue weighted by Crippen LogP contribution is 2.25. The molecule has 1 aromatic rings. The average Bonchev–Trinajstić information content (AvgIpc) is 3.04. The molecule has 26 heavy (non-hydrogen) atoms. The molecule has 0 aliphatic carbocycles. The van der Waals surface area contributed by atoms with Crippen LogP contribution in [0.4, 0.5) is 5.69 Å². The highest BCUT2D eigenvalue weighted by atomic mass is 35.5. The molecule has 0 bridgehead atoms. The molecular formula is C20H30ClN3O2. The maximum Gasteiger partial charge on any atom is 0.249 e. The maximum atomic E-state index is 12.8. The molecule has 1 unspecified atom stereocenters. The summed E-state index contributed by atoms with van der Waals surface area (Å²) < 4.78 is 0. The molecule has 2 aliphatic rings. The Morgan fingerprint density at radius 1 is 1.19 bits per heavy atom. The summed E-state index contributed by atoms with van der Waals surface area (Å²) in [5, 5.41) is 3.36. The van der Waals surface area contributed by atoms with Crippen molar-refractivity contribution in [3.63, 3.8) is 0 Å². The van der Waals surface area contributed by atoms with E-state index in [0.717, 1.165) is 44.5 Å². The van der Waals surface area contributed by atoms with Crippen LogP contribution in [0.15, 0.2) is 30.3 Å². The van der Waals surface area contributed by atoms with Gasteiger partial charge in [-0.1, -0.05) is 18.2 Å². The summed E-state index contributed by atoms with van der Waals surface area (Å²) in [6.07, 6.45) is 4.54. The Hall–Kier alpha value is -1.59. The van der Waals surface area contributed by atoms with E-state index in [4.69, 9.17) is 0 Å². The lowest BCUT2D eigenvalue weighted by Gasteiger charge is -2.28. The van der Waals surface area contributed by atoms with Gasteiger partial charge >= 0.3 is 0 Å². The smallest absolute Gasteiger partial charge is 0.249 e. The molecule has 2 aliphatic heterocycles. The Labute approximate surface area is 162 Å². The molecule has 0 spiro atoms. The lowest BCUT2D eigenvalue weighted by Crippen LogP contribution is -2.45. The number of benzene rings is 1. The van der Waals surface area contributed by atoms with Gasteiger partial charge in [0.05, 0.1) is 0 Å². The highest BCUT2D eigenvalue weighted by molar-refractivity contribution is 6.01. The molecule has 1 aromatic carbocycles. The van der Waals surface area contributed by atoms with Gasteiger partial charge < -0.3 is 15.1 Å². The van der Waals surface area contributed by atoms with Crippen molar-refractivity contribution in [3.8, 4) is 0 Å². The van der Waals surface area contributed by atoms with Gasteiger partial charge in [0.15, 0.2) is 0 Å². The number of nitrogens with one attached hydrogen (secondary N) is 1. The van der Waals surface area contributed by atoms with E-state index in [-0.39, 0.29) is 30.3 Å². The highest BCUT2D eigenvalue weighted by Gasteiger charge is 2.38. The fourth-order valence-electron chi connectivity index (χ4n) is 4.03. The van der Waals surface area contributed by atoms with E-state index in [9.17, 15) is 9.59 Å². The number of hydrogen-bond donors (Lipinski definition) is 1. The number of carbonyl (C=O) groups excluding carboxylic acids is 2. The van der Waals surface area contributed by atoms with Gasteiger partial charge in [0.2, 0.25) is 11.8 Å². The second-order valence-electron chi connectivity index (χ2n) is 7.04. The summed E-state index contributed by atoms with van der Waals surface area (Å²) in [5.74, 6) is 0.835. The van der Waals surface area contributed by atoms with Gasteiger partial charge in [0.1, 0.15) is 6.04 Å². The zero-order valence-corrected chi connectivity index (χ0v) is 16.3. The van der Waals surface area contributed by atoms with Crippen molar-refractivity contribution >= 4 is 29.9 Å². The van der Waals surface area contributed by atoms with Crippen LogP contribution < -0.4 is 10.2 Å². The van der Waals surface area contributed by atoms with Gasteiger partial charge in [-0.2, -0.15) is 0 Å². The van der Waals surface area contributed by atoms with E-state index in [1.54, 1.807) is 4.90 Å². The minimum Gasteiger partial charge on any atom is -0.331 e. The molecule has 2 fully saturated rings. The number of carbonyl (C=O) groups is 2. The molecule has 144 valence electrons. The second kappa shape index (κ2) is 9.93. The largest absolute Gasteiger partial charge is 0.331 e. The molecule has 2 saturated heterocycles. The van der Waals surface area contributed by atoms with E-state index in [2.05, 4.69) is 5.32 Å². The Morgan fingerprint density at radius 2 is 1.88 bits per heavy atom. The van der Waals surface area contributed by atoms with Crippen molar-refractivity contribution in [2.24, 2.45) is 5.92 Å². The number of para-hydroxylation sites is 1. The Morgan fingerprint density at radius 3 is 2.54 bits per heavy atom. The number of nitrogens with zero attached hydrogens (tertiary/aromatic N) is 2. The van der Waals surface area contributed by atoms with E-state index in [1.807, 2.05) is 42.2 Å². The number of anilines is 1. The van der Waals surface area contributed by atoms with Gasteiger partial charge in [-0.3, -0.25) is 9.59 Å². The van der Waals surface area contributed by atoms with Gasteiger partial charge in [-0.25, -0.2) is 0 Å². The Kier molecular flexibility index (Phi) is 7.91. The van der Waals surface area contributed by atoms with E-state index < -0.39 is 0 Å². The molecule has 3 rings (SSSR count). The lowest BCUT2D eigenvalue weighted by atomic mass is 9.93. The third kappa shape index (κ3) is 4.77. The van der Waals surface area contributed by atoms with Crippen LogP contribution in [0.5, 0.6) is 0 Å². The molecule has 1 N–H and O–H groups in total. The van der Waals surface area contributed by atoms with Gasteiger partial charge in [-0.05, 0) is 63.7 Å². The van der Waals surface area contributed by atoms with E-state index >= 15 is 0 Å².